The molecule has 4 rings (SSSR count). The summed E-state index contributed by atoms with van der Waals surface area (Å²) in [5.41, 5.74) is 3.19. The highest BCUT2D eigenvalue weighted by molar-refractivity contribution is 6.07. The van der Waals surface area contributed by atoms with Crippen molar-refractivity contribution in [2.45, 2.75) is 39.5 Å². The summed E-state index contributed by atoms with van der Waals surface area (Å²) in [4.78, 5) is 39.2. The molecule has 0 aliphatic carbocycles. The van der Waals surface area contributed by atoms with E-state index in [2.05, 4.69) is 54.5 Å². The van der Waals surface area contributed by atoms with Crippen molar-refractivity contribution in [3.05, 3.63) is 81.8 Å². The molecule has 1 unspecified atom stereocenters. The number of allylic oxidation sites excluding steroid dienone is 1. The second kappa shape index (κ2) is 8.46. The van der Waals surface area contributed by atoms with Crippen molar-refractivity contribution in [2.75, 3.05) is 0 Å². The lowest BCUT2D eigenvalue weighted by molar-refractivity contribution is -0.116. The van der Waals surface area contributed by atoms with Crippen LogP contribution in [0.25, 0.3) is 22.0 Å². The van der Waals surface area contributed by atoms with Gasteiger partial charge < -0.3 is 9.72 Å². The van der Waals surface area contributed by atoms with Gasteiger partial charge in [0.2, 0.25) is 0 Å². The molecule has 3 aromatic rings. The minimum Gasteiger partial charge on any atom is -0.404 e. The van der Waals surface area contributed by atoms with Gasteiger partial charge in [0.05, 0.1) is 0 Å². The first kappa shape index (κ1) is 21.6. The maximum Gasteiger partial charge on any atom is 0.419 e. The van der Waals surface area contributed by atoms with Crippen LogP contribution in [0, 0.1) is 5.92 Å². The van der Waals surface area contributed by atoms with Gasteiger partial charge in [0.15, 0.2) is 5.76 Å². The molecule has 1 fully saturated rings. The fourth-order valence-corrected chi connectivity index (χ4v) is 4.12. The number of nitrogens with one attached hydrogen (secondary N) is 2. The first-order chi connectivity index (χ1) is 15.2. The van der Waals surface area contributed by atoms with Gasteiger partial charge in [-0.3, -0.25) is 14.9 Å². The number of rotatable bonds is 5. The zero-order valence-electron chi connectivity index (χ0n) is 18.6. The van der Waals surface area contributed by atoms with E-state index < -0.39 is 12.0 Å². The number of pyridine rings is 1. The zero-order chi connectivity index (χ0) is 23.0. The van der Waals surface area contributed by atoms with E-state index in [-0.39, 0.29) is 23.2 Å². The Morgan fingerprint density at radius 3 is 2.31 bits per heavy atom. The molecular formula is C26H26N2O4. The molecule has 0 spiro atoms. The van der Waals surface area contributed by atoms with E-state index in [1.54, 1.807) is 12.1 Å². The minimum atomic E-state index is -0.801. The predicted octanol–water partition coefficient (Wildman–Crippen LogP) is 5.21. The number of aromatic amines is 1. The Kier molecular flexibility index (Phi) is 5.70. The molecule has 1 aromatic heterocycles. The monoisotopic (exact) mass is 430 g/mol. The van der Waals surface area contributed by atoms with E-state index in [1.165, 1.54) is 10.9 Å². The molecule has 2 N–H and O–H groups in total. The molecule has 0 bridgehead atoms. The summed E-state index contributed by atoms with van der Waals surface area (Å²) in [6, 6.07) is 16.1. The van der Waals surface area contributed by atoms with Crippen LogP contribution in [-0.2, 0) is 9.53 Å². The van der Waals surface area contributed by atoms with Crippen LogP contribution in [0.2, 0.25) is 0 Å². The fraction of sp³-hybridized carbons (Fsp3) is 0.269. The van der Waals surface area contributed by atoms with Gasteiger partial charge in [-0.15, -0.1) is 0 Å². The summed E-state index contributed by atoms with van der Waals surface area (Å²) >= 11 is 0. The number of benzene rings is 2. The Balaban J connectivity index is 1.74. The third-order valence-corrected chi connectivity index (χ3v) is 5.84. The molecule has 6 nitrogen and oxygen atoms in total. The largest absolute Gasteiger partial charge is 0.419 e. The number of hydrogen-bond acceptors (Lipinski definition) is 4. The lowest BCUT2D eigenvalue weighted by atomic mass is 9.88. The number of H-pyrrole nitrogens is 1. The number of imide groups is 1. The standard InChI is InChI=1S/C26H26N2O4/c1-14(2)18-7-5-6-16-8-9-17(12-21(16)18)22-11-10-19(24(29)27-22)20(15(3)4)13-23-25(30)28-26(31)32-23/h5-15,20H,1-4H3,(H,27,29)(H,28,30,31)/b23-13-. The topological polar surface area (TPSA) is 88.3 Å². The lowest BCUT2D eigenvalue weighted by Crippen LogP contribution is -2.21. The van der Waals surface area contributed by atoms with Crippen molar-refractivity contribution < 1.29 is 14.3 Å². The van der Waals surface area contributed by atoms with E-state index in [0.717, 1.165) is 16.6 Å². The van der Waals surface area contributed by atoms with Gasteiger partial charge in [0.25, 0.3) is 11.5 Å². The third-order valence-electron chi connectivity index (χ3n) is 5.84. The average Bonchev–Trinajstić information content (AvgIpc) is 3.07. The van der Waals surface area contributed by atoms with E-state index >= 15 is 0 Å². The molecule has 6 heteroatoms. The Labute approximate surface area is 186 Å². The van der Waals surface area contributed by atoms with Crippen LogP contribution in [-0.4, -0.2) is 17.0 Å². The van der Waals surface area contributed by atoms with Gasteiger partial charge in [0.1, 0.15) is 0 Å². The SMILES string of the molecule is CC(C)c1cccc2ccc(-c3ccc(C(/C=C4\OC(=O)NC4=O)C(C)C)c(=O)[nH]3)cc12. The van der Waals surface area contributed by atoms with E-state index in [1.807, 2.05) is 26.0 Å². The summed E-state index contributed by atoms with van der Waals surface area (Å²) in [6.07, 6.45) is 0.741. The fourth-order valence-electron chi connectivity index (χ4n) is 4.12. The van der Waals surface area contributed by atoms with Crippen LogP contribution < -0.4 is 10.9 Å². The van der Waals surface area contributed by atoms with Gasteiger partial charge in [-0.05, 0) is 51.9 Å². The van der Waals surface area contributed by atoms with Gasteiger partial charge in [-0.2, -0.15) is 0 Å². The van der Waals surface area contributed by atoms with Crippen molar-refractivity contribution in [1.82, 2.24) is 10.3 Å². The molecule has 1 atom stereocenters. The summed E-state index contributed by atoms with van der Waals surface area (Å²) < 4.78 is 4.93. The zero-order valence-corrected chi connectivity index (χ0v) is 18.6. The highest BCUT2D eigenvalue weighted by Gasteiger charge is 2.29. The Bertz CT molecular complexity index is 1300. The molecular weight excluding hydrogens is 404 g/mol. The number of carbonyl (C=O) groups excluding carboxylic acids is 2. The quantitative estimate of drug-likeness (QED) is 0.544. The summed E-state index contributed by atoms with van der Waals surface area (Å²) in [6.45, 7) is 8.22. The summed E-state index contributed by atoms with van der Waals surface area (Å²) in [7, 11) is 0. The number of alkyl carbamates (subject to hydrolysis) is 1. The summed E-state index contributed by atoms with van der Waals surface area (Å²) in [5.74, 6) is -0.657. The lowest BCUT2D eigenvalue weighted by Gasteiger charge is -2.17. The van der Waals surface area contributed by atoms with Crippen molar-refractivity contribution in [1.29, 1.82) is 0 Å². The molecule has 2 amide bonds. The second-order valence-corrected chi connectivity index (χ2v) is 8.74. The van der Waals surface area contributed by atoms with Crippen LogP contribution in [0.5, 0.6) is 0 Å². The number of fused-ring (bicyclic) bond motifs is 1. The van der Waals surface area contributed by atoms with Crippen LogP contribution in [0.4, 0.5) is 4.79 Å². The molecule has 0 saturated carbocycles. The van der Waals surface area contributed by atoms with Crippen LogP contribution >= 0.6 is 0 Å². The number of cyclic esters (lactones) is 1. The second-order valence-electron chi connectivity index (χ2n) is 8.74. The maximum absolute atomic E-state index is 13.0. The van der Waals surface area contributed by atoms with Crippen molar-refractivity contribution >= 4 is 22.8 Å². The van der Waals surface area contributed by atoms with E-state index in [0.29, 0.717) is 11.5 Å². The van der Waals surface area contributed by atoms with Crippen LogP contribution in [0.15, 0.2) is 65.2 Å². The molecule has 0 radical (unpaired) electrons. The van der Waals surface area contributed by atoms with E-state index in [4.69, 9.17) is 4.74 Å². The Hall–Kier alpha value is -3.67. The maximum atomic E-state index is 13.0. The van der Waals surface area contributed by atoms with Crippen molar-refractivity contribution in [3.8, 4) is 11.3 Å². The van der Waals surface area contributed by atoms with Gasteiger partial charge in [-0.1, -0.05) is 64.1 Å². The molecule has 32 heavy (non-hydrogen) atoms. The Morgan fingerprint density at radius 2 is 1.69 bits per heavy atom. The minimum absolute atomic E-state index is 0.0100. The first-order valence-electron chi connectivity index (χ1n) is 10.8. The normalized spacial score (nSPS) is 16.1. The molecule has 2 aromatic carbocycles. The van der Waals surface area contributed by atoms with Gasteiger partial charge in [-0.25, -0.2) is 4.79 Å². The Morgan fingerprint density at radius 1 is 0.906 bits per heavy atom. The molecule has 1 aliphatic heterocycles. The third kappa shape index (κ3) is 4.08. The smallest absolute Gasteiger partial charge is 0.404 e. The molecule has 164 valence electrons. The summed E-state index contributed by atoms with van der Waals surface area (Å²) in [5, 5.41) is 4.41. The van der Waals surface area contributed by atoms with E-state index in [9.17, 15) is 14.4 Å². The molecule has 1 saturated heterocycles. The number of amides is 2. The number of ether oxygens (including phenoxy) is 1. The van der Waals surface area contributed by atoms with Gasteiger partial charge in [0, 0.05) is 17.2 Å². The first-order valence-corrected chi connectivity index (χ1v) is 10.8. The van der Waals surface area contributed by atoms with Gasteiger partial charge >= 0.3 is 6.09 Å². The van der Waals surface area contributed by atoms with Crippen LogP contribution in [0.1, 0.15) is 50.7 Å². The number of carbonyl (C=O) groups is 2. The van der Waals surface area contributed by atoms with Crippen LogP contribution in [0.3, 0.4) is 0 Å². The molecule has 2 heterocycles. The molecule has 1 aliphatic rings. The van der Waals surface area contributed by atoms with Crippen molar-refractivity contribution in [2.24, 2.45) is 5.92 Å². The predicted molar refractivity (Wildman–Crippen MR) is 124 cm³/mol. The average molecular weight is 431 g/mol. The van der Waals surface area contributed by atoms with Crippen molar-refractivity contribution in [3.63, 3.8) is 0 Å². The highest BCUT2D eigenvalue weighted by Crippen LogP contribution is 2.30. The highest BCUT2D eigenvalue weighted by atomic mass is 16.6. The number of aromatic nitrogens is 1. The number of hydrogen-bond donors (Lipinski definition) is 2.